The van der Waals surface area contributed by atoms with Gasteiger partial charge in [-0.1, -0.05) is 18.2 Å². The summed E-state index contributed by atoms with van der Waals surface area (Å²) in [5.41, 5.74) is 2.27. The van der Waals surface area contributed by atoms with E-state index in [0.29, 0.717) is 13.2 Å². The Balaban J connectivity index is 1.88. The highest BCUT2D eigenvalue weighted by Crippen LogP contribution is 2.24. The van der Waals surface area contributed by atoms with Crippen molar-refractivity contribution < 1.29 is 9.53 Å². The normalized spacial score (nSPS) is 17.7. The molecule has 2 rings (SSSR count). The highest BCUT2D eigenvalue weighted by Gasteiger charge is 2.25. The van der Waals surface area contributed by atoms with Crippen LogP contribution < -0.4 is 10.6 Å². The number of anilines is 1. The number of hydrogen-bond acceptors (Lipinski definition) is 3. The fraction of sp³-hybridized carbons (Fsp3) is 0.417. The van der Waals surface area contributed by atoms with Crippen LogP contribution in [0.1, 0.15) is 5.56 Å². The SMILES string of the molecule is COCCNC(=O)[C@H]1Cc2ccccc2N1. The van der Waals surface area contributed by atoms with Gasteiger partial charge >= 0.3 is 0 Å². The molecule has 0 bridgehead atoms. The number of rotatable bonds is 4. The number of carbonyl (C=O) groups is 1. The molecule has 0 fully saturated rings. The maximum absolute atomic E-state index is 11.8. The molecule has 0 saturated heterocycles. The van der Waals surface area contributed by atoms with Crippen molar-refractivity contribution in [2.24, 2.45) is 0 Å². The zero-order valence-corrected chi connectivity index (χ0v) is 9.32. The molecule has 1 aromatic rings. The van der Waals surface area contributed by atoms with Crippen LogP contribution in [0.5, 0.6) is 0 Å². The van der Waals surface area contributed by atoms with E-state index in [0.717, 1.165) is 12.1 Å². The Morgan fingerprint density at radius 3 is 3.12 bits per heavy atom. The van der Waals surface area contributed by atoms with Gasteiger partial charge in [-0.3, -0.25) is 4.79 Å². The molecule has 1 aliphatic heterocycles. The molecule has 0 radical (unpaired) electrons. The van der Waals surface area contributed by atoms with Crippen LogP contribution in [0.25, 0.3) is 0 Å². The molecule has 16 heavy (non-hydrogen) atoms. The van der Waals surface area contributed by atoms with Crippen LogP contribution in [0.15, 0.2) is 24.3 Å². The minimum absolute atomic E-state index is 0.0354. The number of ether oxygens (including phenoxy) is 1. The molecule has 1 atom stereocenters. The third kappa shape index (κ3) is 2.33. The average molecular weight is 220 g/mol. The fourth-order valence-electron chi connectivity index (χ4n) is 1.86. The van der Waals surface area contributed by atoms with E-state index in [9.17, 15) is 4.79 Å². The lowest BCUT2D eigenvalue weighted by atomic mass is 10.1. The van der Waals surface area contributed by atoms with E-state index in [-0.39, 0.29) is 11.9 Å². The van der Waals surface area contributed by atoms with Gasteiger partial charge in [-0.05, 0) is 11.6 Å². The Morgan fingerprint density at radius 2 is 2.38 bits per heavy atom. The molecule has 0 saturated carbocycles. The Kier molecular flexibility index (Phi) is 3.41. The van der Waals surface area contributed by atoms with Crippen LogP contribution in [-0.4, -0.2) is 32.2 Å². The average Bonchev–Trinajstić information content (AvgIpc) is 2.73. The second-order valence-corrected chi connectivity index (χ2v) is 3.84. The quantitative estimate of drug-likeness (QED) is 0.737. The number of amides is 1. The van der Waals surface area contributed by atoms with Gasteiger partial charge in [-0.2, -0.15) is 0 Å². The van der Waals surface area contributed by atoms with E-state index >= 15 is 0 Å². The Morgan fingerprint density at radius 1 is 1.56 bits per heavy atom. The molecule has 0 aliphatic carbocycles. The third-order valence-electron chi connectivity index (χ3n) is 2.69. The second-order valence-electron chi connectivity index (χ2n) is 3.84. The van der Waals surface area contributed by atoms with E-state index in [2.05, 4.69) is 10.6 Å². The van der Waals surface area contributed by atoms with Crippen molar-refractivity contribution in [3.8, 4) is 0 Å². The van der Waals surface area contributed by atoms with E-state index in [1.807, 2.05) is 24.3 Å². The van der Waals surface area contributed by atoms with Crippen LogP contribution >= 0.6 is 0 Å². The molecule has 4 nitrogen and oxygen atoms in total. The molecule has 1 amide bonds. The summed E-state index contributed by atoms with van der Waals surface area (Å²) in [5, 5.41) is 6.04. The van der Waals surface area contributed by atoms with Crippen LogP contribution in [0.2, 0.25) is 0 Å². The summed E-state index contributed by atoms with van der Waals surface area (Å²) in [6.45, 7) is 1.11. The van der Waals surface area contributed by atoms with Gasteiger partial charge in [0.15, 0.2) is 0 Å². The summed E-state index contributed by atoms with van der Waals surface area (Å²) >= 11 is 0. The van der Waals surface area contributed by atoms with Crippen LogP contribution in [0.3, 0.4) is 0 Å². The molecule has 1 aliphatic rings. The zero-order valence-electron chi connectivity index (χ0n) is 9.32. The Labute approximate surface area is 95.0 Å². The number of carbonyl (C=O) groups excluding carboxylic acids is 1. The lowest BCUT2D eigenvalue weighted by Gasteiger charge is -2.11. The summed E-state index contributed by atoms with van der Waals surface area (Å²) in [6.07, 6.45) is 0.759. The van der Waals surface area contributed by atoms with Crippen LogP contribution in [0, 0.1) is 0 Å². The lowest BCUT2D eigenvalue weighted by Crippen LogP contribution is -2.39. The number of nitrogens with one attached hydrogen (secondary N) is 2. The topological polar surface area (TPSA) is 50.4 Å². The first kappa shape index (κ1) is 11.0. The molecular formula is C12H16N2O2. The summed E-state index contributed by atoms with van der Waals surface area (Å²) in [6, 6.07) is 7.86. The van der Waals surface area contributed by atoms with Gasteiger partial charge in [0.05, 0.1) is 6.61 Å². The van der Waals surface area contributed by atoms with E-state index in [1.165, 1.54) is 5.56 Å². The van der Waals surface area contributed by atoms with Crippen molar-refractivity contribution in [2.75, 3.05) is 25.6 Å². The smallest absolute Gasteiger partial charge is 0.242 e. The van der Waals surface area contributed by atoms with Crippen LogP contribution in [-0.2, 0) is 16.0 Å². The fourth-order valence-corrected chi connectivity index (χ4v) is 1.86. The number of hydrogen-bond donors (Lipinski definition) is 2. The minimum atomic E-state index is -0.144. The maximum atomic E-state index is 11.8. The first-order valence-corrected chi connectivity index (χ1v) is 5.42. The zero-order chi connectivity index (χ0) is 11.4. The van der Waals surface area contributed by atoms with E-state index < -0.39 is 0 Å². The summed E-state index contributed by atoms with van der Waals surface area (Å²) in [4.78, 5) is 11.8. The molecule has 1 heterocycles. The van der Waals surface area contributed by atoms with Gasteiger partial charge in [0.2, 0.25) is 5.91 Å². The number of para-hydroxylation sites is 1. The van der Waals surface area contributed by atoms with Crippen molar-refractivity contribution >= 4 is 11.6 Å². The van der Waals surface area contributed by atoms with Crippen molar-refractivity contribution in [3.63, 3.8) is 0 Å². The summed E-state index contributed by atoms with van der Waals surface area (Å²) in [5.74, 6) is 0.0354. The third-order valence-corrected chi connectivity index (χ3v) is 2.69. The van der Waals surface area contributed by atoms with Crippen LogP contribution in [0.4, 0.5) is 5.69 Å². The minimum Gasteiger partial charge on any atom is -0.383 e. The Hall–Kier alpha value is -1.55. The lowest BCUT2D eigenvalue weighted by molar-refractivity contribution is -0.121. The molecule has 2 N–H and O–H groups in total. The molecular weight excluding hydrogens is 204 g/mol. The highest BCUT2D eigenvalue weighted by molar-refractivity contribution is 5.87. The van der Waals surface area contributed by atoms with Gasteiger partial charge in [-0.15, -0.1) is 0 Å². The van der Waals surface area contributed by atoms with Gasteiger partial charge in [0, 0.05) is 25.8 Å². The summed E-state index contributed by atoms with van der Waals surface area (Å²) < 4.78 is 4.88. The molecule has 86 valence electrons. The number of methoxy groups -OCH3 is 1. The van der Waals surface area contributed by atoms with Gasteiger partial charge < -0.3 is 15.4 Å². The molecule has 0 unspecified atom stereocenters. The molecule has 1 aromatic carbocycles. The molecule has 0 aromatic heterocycles. The molecule has 0 spiro atoms. The van der Waals surface area contributed by atoms with Crippen molar-refractivity contribution in [1.82, 2.24) is 5.32 Å². The van der Waals surface area contributed by atoms with Gasteiger partial charge in [-0.25, -0.2) is 0 Å². The van der Waals surface area contributed by atoms with Crippen molar-refractivity contribution in [2.45, 2.75) is 12.5 Å². The molecule has 4 heteroatoms. The first-order valence-electron chi connectivity index (χ1n) is 5.42. The standard InChI is InChI=1S/C12H16N2O2/c1-16-7-6-13-12(15)11-8-9-4-2-3-5-10(9)14-11/h2-5,11,14H,6-8H2,1H3,(H,13,15)/t11-/m1/s1. The number of fused-ring (bicyclic) bond motifs is 1. The number of benzene rings is 1. The van der Waals surface area contributed by atoms with Gasteiger partial charge in [0.1, 0.15) is 6.04 Å². The first-order chi connectivity index (χ1) is 7.81. The predicted octanol–water partition coefficient (Wildman–Crippen LogP) is 0.786. The highest BCUT2D eigenvalue weighted by atomic mass is 16.5. The monoisotopic (exact) mass is 220 g/mol. The Bertz CT molecular complexity index is 354. The second kappa shape index (κ2) is 4.99. The maximum Gasteiger partial charge on any atom is 0.242 e. The predicted molar refractivity (Wildman–Crippen MR) is 62.4 cm³/mol. The summed E-state index contributed by atoms with van der Waals surface area (Å²) in [7, 11) is 1.62. The largest absolute Gasteiger partial charge is 0.383 e. The van der Waals surface area contributed by atoms with E-state index in [1.54, 1.807) is 7.11 Å². The van der Waals surface area contributed by atoms with Gasteiger partial charge in [0.25, 0.3) is 0 Å². The van der Waals surface area contributed by atoms with Crippen molar-refractivity contribution in [3.05, 3.63) is 29.8 Å². The van der Waals surface area contributed by atoms with Crippen molar-refractivity contribution in [1.29, 1.82) is 0 Å². The van der Waals surface area contributed by atoms with E-state index in [4.69, 9.17) is 4.74 Å².